The number of aryl methyl sites for hydroxylation is 1. The lowest BCUT2D eigenvalue weighted by molar-refractivity contribution is -0.118. The molecule has 5 N–H and O–H groups in total. The molecule has 0 aliphatic carbocycles. The lowest BCUT2D eigenvalue weighted by Crippen LogP contribution is -2.33. The van der Waals surface area contributed by atoms with Crippen molar-refractivity contribution in [3.8, 4) is 0 Å². The first-order valence-corrected chi connectivity index (χ1v) is 4.93. The fourth-order valence-electron chi connectivity index (χ4n) is 1.32. The van der Waals surface area contributed by atoms with Crippen molar-refractivity contribution in [1.29, 1.82) is 0 Å². The van der Waals surface area contributed by atoms with E-state index in [9.17, 15) is 4.79 Å². The Kier molecular flexibility index (Phi) is 4.12. The number of nitrogens with one attached hydrogen (secondary N) is 1. The van der Waals surface area contributed by atoms with E-state index < -0.39 is 0 Å². The van der Waals surface area contributed by atoms with E-state index in [1.807, 2.05) is 31.2 Å². The van der Waals surface area contributed by atoms with E-state index in [0.29, 0.717) is 6.54 Å². The molecule has 0 aromatic heterocycles. The molecule has 0 fully saturated rings. The summed E-state index contributed by atoms with van der Waals surface area (Å²) in [5, 5.41) is 3.16. The molecule has 1 atom stereocenters. The summed E-state index contributed by atoms with van der Waals surface area (Å²) in [5.41, 5.74) is 12.8. The Labute approximate surface area is 89.6 Å². The average Bonchev–Trinajstić information content (AvgIpc) is 2.19. The Morgan fingerprint density at radius 1 is 1.40 bits per heavy atom. The number of hydrogen-bond donors (Lipinski definition) is 3. The minimum Gasteiger partial charge on any atom is -0.381 e. The van der Waals surface area contributed by atoms with Crippen LogP contribution in [0, 0.1) is 6.92 Å². The largest absolute Gasteiger partial charge is 0.381 e. The molecule has 4 heteroatoms. The third-order valence-electron chi connectivity index (χ3n) is 2.15. The van der Waals surface area contributed by atoms with Crippen LogP contribution in [0.3, 0.4) is 0 Å². The number of primary amides is 1. The minimum atomic E-state index is -0.343. The molecule has 0 aliphatic rings. The van der Waals surface area contributed by atoms with E-state index in [2.05, 4.69) is 5.32 Å². The molecule has 0 aliphatic heterocycles. The second-order valence-electron chi connectivity index (χ2n) is 3.61. The highest BCUT2D eigenvalue weighted by molar-refractivity contribution is 5.75. The molecule has 0 heterocycles. The molecule has 1 aromatic carbocycles. The van der Waals surface area contributed by atoms with Gasteiger partial charge in [-0.3, -0.25) is 4.79 Å². The number of benzene rings is 1. The van der Waals surface area contributed by atoms with Crippen molar-refractivity contribution in [3.63, 3.8) is 0 Å². The van der Waals surface area contributed by atoms with Crippen LogP contribution in [0.1, 0.15) is 12.0 Å². The number of carbonyl (C=O) groups excluding carboxylic acids is 1. The molecular formula is C11H17N3O. The summed E-state index contributed by atoms with van der Waals surface area (Å²) in [6, 6.07) is 7.82. The van der Waals surface area contributed by atoms with Gasteiger partial charge >= 0.3 is 0 Å². The molecule has 0 saturated heterocycles. The maximum atomic E-state index is 10.7. The van der Waals surface area contributed by atoms with Gasteiger partial charge in [-0.25, -0.2) is 0 Å². The van der Waals surface area contributed by atoms with Gasteiger partial charge in [-0.05, 0) is 19.1 Å². The van der Waals surface area contributed by atoms with Gasteiger partial charge in [0.2, 0.25) is 5.91 Å². The van der Waals surface area contributed by atoms with Crippen LogP contribution in [0.15, 0.2) is 24.3 Å². The first kappa shape index (κ1) is 11.5. The van der Waals surface area contributed by atoms with E-state index in [-0.39, 0.29) is 18.4 Å². The van der Waals surface area contributed by atoms with Gasteiger partial charge in [0, 0.05) is 24.7 Å². The van der Waals surface area contributed by atoms with Crippen LogP contribution in [-0.4, -0.2) is 18.5 Å². The highest BCUT2D eigenvalue weighted by atomic mass is 16.1. The second kappa shape index (κ2) is 5.36. The molecular weight excluding hydrogens is 190 g/mol. The van der Waals surface area contributed by atoms with Crippen molar-refractivity contribution in [1.82, 2.24) is 0 Å². The highest BCUT2D eigenvalue weighted by Crippen LogP contribution is 2.10. The molecule has 0 radical (unpaired) electrons. The predicted molar refractivity (Wildman–Crippen MR) is 61.5 cm³/mol. The average molecular weight is 207 g/mol. The van der Waals surface area contributed by atoms with Crippen LogP contribution >= 0.6 is 0 Å². The maximum Gasteiger partial charge on any atom is 0.219 e. The lowest BCUT2D eigenvalue weighted by atomic mass is 10.1. The zero-order valence-corrected chi connectivity index (χ0v) is 8.86. The maximum absolute atomic E-state index is 10.7. The second-order valence-corrected chi connectivity index (χ2v) is 3.61. The lowest BCUT2D eigenvalue weighted by Gasteiger charge is -2.16. The van der Waals surface area contributed by atoms with E-state index in [1.54, 1.807) is 0 Å². The van der Waals surface area contributed by atoms with Crippen molar-refractivity contribution in [2.24, 2.45) is 11.5 Å². The summed E-state index contributed by atoms with van der Waals surface area (Å²) in [4.78, 5) is 10.7. The van der Waals surface area contributed by atoms with Gasteiger partial charge in [0.05, 0.1) is 0 Å². The number of anilines is 1. The summed E-state index contributed by atoms with van der Waals surface area (Å²) in [7, 11) is 0. The van der Waals surface area contributed by atoms with Gasteiger partial charge < -0.3 is 16.8 Å². The fourth-order valence-corrected chi connectivity index (χ4v) is 1.32. The van der Waals surface area contributed by atoms with Crippen LogP contribution in [0.2, 0.25) is 0 Å². The minimum absolute atomic E-state index is 0.0924. The topological polar surface area (TPSA) is 81.1 Å². The number of rotatable bonds is 5. The summed E-state index contributed by atoms with van der Waals surface area (Å²) in [5.74, 6) is -0.343. The Balaban J connectivity index is 2.58. The van der Waals surface area contributed by atoms with Crippen molar-refractivity contribution < 1.29 is 4.79 Å². The van der Waals surface area contributed by atoms with E-state index in [0.717, 1.165) is 5.69 Å². The molecule has 1 rings (SSSR count). The summed E-state index contributed by atoms with van der Waals surface area (Å²) >= 11 is 0. The first-order valence-electron chi connectivity index (χ1n) is 4.93. The van der Waals surface area contributed by atoms with Gasteiger partial charge in [-0.15, -0.1) is 0 Å². The van der Waals surface area contributed by atoms with Crippen LogP contribution < -0.4 is 16.8 Å². The molecule has 4 nitrogen and oxygen atoms in total. The van der Waals surface area contributed by atoms with Crippen LogP contribution in [0.5, 0.6) is 0 Å². The normalized spacial score (nSPS) is 12.1. The van der Waals surface area contributed by atoms with Crippen LogP contribution in [0.4, 0.5) is 5.69 Å². The quantitative estimate of drug-likeness (QED) is 0.661. The van der Waals surface area contributed by atoms with Crippen molar-refractivity contribution in [2.75, 3.05) is 11.9 Å². The monoisotopic (exact) mass is 207 g/mol. The Morgan fingerprint density at radius 3 is 2.47 bits per heavy atom. The molecule has 1 amide bonds. The standard InChI is InChI=1S/C11H17N3O/c1-8-2-4-9(5-3-8)14-10(7-12)6-11(13)15/h2-5,10,14H,6-7,12H2,1H3,(H2,13,15). The zero-order valence-electron chi connectivity index (χ0n) is 8.86. The van der Waals surface area contributed by atoms with Gasteiger partial charge in [-0.2, -0.15) is 0 Å². The van der Waals surface area contributed by atoms with Gasteiger partial charge in [-0.1, -0.05) is 17.7 Å². The van der Waals surface area contributed by atoms with Crippen molar-refractivity contribution in [2.45, 2.75) is 19.4 Å². The van der Waals surface area contributed by atoms with E-state index >= 15 is 0 Å². The third kappa shape index (κ3) is 3.99. The van der Waals surface area contributed by atoms with Crippen LogP contribution in [0.25, 0.3) is 0 Å². The van der Waals surface area contributed by atoms with Crippen LogP contribution in [-0.2, 0) is 4.79 Å². The molecule has 0 saturated carbocycles. The smallest absolute Gasteiger partial charge is 0.219 e. The molecule has 1 unspecified atom stereocenters. The molecule has 15 heavy (non-hydrogen) atoms. The highest BCUT2D eigenvalue weighted by Gasteiger charge is 2.09. The number of nitrogens with two attached hydrogens (primary N) is 2. The SMILES string of the molecule is Cc1ccc(NC(CN)CC(N)=O)cc1. The Morgan fingerprint density at radius 2 is 2.00 bits per heavy atom. The predicted octanol–water partition coefficient (Wildman–Crippen LogP) is 0.610. The van der Waals surface area contributed by atoms with Gasteiger partial charge in [0.1, 0.15) is 0 Å². The zero-order chi connectivity index (χ0) is 11.3. The summed E-state index contributed by atoms with van der Waals surface area (Å²) < 4.78 is 0. The first-order chi connectivity index (χ1) is 7.11. The molecule has 82 valence electrons. The fraction of sp³-hybridized carbons (Fsp3) is 0.364. The number of hydrogen-bond acceptors (Lipinski definition) is 3. The number of amides is 1. The summed E-state index contributed by atoms with van der Waals surface area (Å²) in [6.07, 6.45) is 0.254. The molecule has 0 bridgehead atoms. The Hall–Kier alpha value is -1.55. The molecule has 1 aromatic rings. The van der Waals surface area contributed by atoms with Crippen molar-refractivity contribution >= 4 is 11.6 Å². The summed E-state index contributed by atoms with van der Waals surface area (Å²) in [6.45, 7) is 2.41. The van der Waals surface area contributed by atoms with Gasteiger partial charge in [0.25, 0.3) is 0 Å². The van der Waals surface area contributed by atoms with E-state index in [1.165, 1.54) is 5.56 Å². The Bertz CT molecular complexity index is 321. The van der Waals surface area contributed by atoms with E-state index in [4.69, 9.17) is 11.5 Å². The third-order valence-corrected chi connectivity index (χ3v) is 2.15. The molecule has 0 spiro atoms. The van der Waals surface area contributed by atoms with Crippen molar-refractivity contribution in [3.05, 3.63) is 29.8 Å². The van der Waals surface area contributed by atoms with Gasteiger partial charge in [0.15, 0.2) is 0 Å². The number of carbonyl (C=O) groups is 1.